The maximum atomic E-state index is 7.77. The summed E-state index contributed by atoms with van der Waals surface area (Å²) in [5.74, 6) is 4.03. The normalized spacial score (nSPS) is 14.5. The summed E-state index contributed by atoms with van der Waals surface area (Å²) in [6.07, 6.45) is 8.77. The summed E-state index contributed by atoms with van der Waals surface area (Å²) in [5.41, 5.74) is 14.5. The SMILES string of the molecule is CCCOC1=C2C=C(C(C)(C)C)c3c(C(C)(C)C)cc(c(OCCC)c3Cc3cc(C(C)(C)C)cc(c3OCCC)C2)Cc2cc(C(C)(C)C)cc(c2OP(c2ccccc2)c2ccccc2)CC1. The molecule has 5 heteroatoms. The van der Waals surface area contributed by atoms with E-state index in [1.807, 2.05) is 0 Å². The van der Waals surface area contributed by atoms with Gasteiger partial charge in [0.1, 0.15) is 17.2 Å². The number of hydrogen-bond acceptors (Lipinski definition) is 4. The lowest BCUT2D eigenvalue weighted by molar-refractivity contribution is 0.199. The van der Waals surface area contributed by atoms with E-state index in [1.165, 1.54) is 77.4 Å². The zero-order chi connectivity index (χ0) is 49.9. The van der Waals surface area contributed by atoms with Gasteiger partial charge in [0.15, 0.2) is 8.15 Å². The van der Waals surface area contributed by atoms with Crippen LogP contribution >= 0.6 is 8.15 Å². The van der Waals surface area contributed by atoms with Gasteiger partial charge in [-0.05, 0) is 109 Å². The first kappa shape index (κ1) is 52.0. The topological polar surface area (TPSA) is 36.9 Å². The molecule has 0 saturated carbocycles. The Hall–Kier alpha value is -4.79. The minimum Gasteiger partial charge on any atom is -0.498 e. The standard InChI is InChI=1S/C64H83O4P/c1-16-31-65-56-30-29-43-36-49(61(4,5)6)38-46(59(43)68-69(51-25-21-19-22-26-51)52-27-23-20-24-28-52)35-47-42-55(64(13,14)15)57-53(60(47)67-33-18-3)40-48-39-50(62(7,8)9)37-45(58(48)66-32-17-2)34-44(56)41-54(57)63(10,11)12/h19-28,36-39,41-42H,16-18,29-35,40H2,1-15H3. The molecule has 4 nitrogen and oxygen atoms in total. The van der Waals surface area contributed by atoms with Gasteiger partial charge < -0.3 is 18.7 Å². The first-order chi connectivity index (χ1) is 32.6. The summed E-state index contributed by atoms with van der Waals surface area (Å²) in [6, 6.07) is 34.0. The highest BCUT2D eigenvalue weighted by Crippen LogP contribution is 2.51. The Morgan fingerprint density at radius 2 is 0.942 bits per heavy atom. The van der Waals surface area contributed by atoms with Gasteiger partial charge in [-0.1, -0.05) is 201 Å². The predicted octanol–water partition coefficient (Wildman–Crippen LogP) is 16.4. The number of fused-ring (bicyclic) bond motifs is 5. The minimum absolute atomic E-state index is 0.0822. The van der Waals surface area contributed by atoms with Crippen molar-refractivity contribution in [1.82, 2.24) is 0 Å². The summed E-state index contributed by atoms with van der Waals surface area (Å²) >= 11 is 0. The molecule has 0 aliphatic heterocycles. The van der Waals surface area contributed by atoms with Crippen molar-refractivity contribution in [2.24, 2.45) is 5.41 Å². The number of hydrogen-bond donors (Lipinski definition) is 0. The highest BCUT2D eigenvalue weighted by molar-refractivity contribution is 7.68. The third kappa shape index (κ3) is 12.0. The van der Waals surface area contributed by atoms with Crippen LogP contribution in [0.1, 0.15) is 185 Å². The van der Waals surface area contributed by atoms with E-state index in [1.54, 1.807) is 0 Å². The Kier molecular flexibility index (Phi) is 16.1. The van der Waals surface area contributed by atoms with Crippen LogP contribution in [0.2, 0.25) is 0 Å². The average Bonchev–Trinajstić information content (AvgIpc) is 3.28. The molecule has 69 heavy (non-hydrogen) atoms. The number of rotatable bonds is 13. The van der Waals surface area contributed by atoms with Crippen LogP contribution in [-0.4, -0.2) is 19.8 Å². The number of benzene rings is 5. The molecule has 0 N–H and O–H groups in total. The molecule has 0 unspecified atom stereocenters. The molecule has 0 aromatic heterocycles. The summed E-state index contributed by atoms with van der Waals surface area (Å²) in [7, 11) is -1.23. The van der Waals surface area contributed by atoms with E-state index >= 15 is 0 Å². The van der Waals surface area contributed by atoms with Crippen LogP contribution in [-0.2, 0) is 46.7 Å². The van der Waals surface area contributed by atoms with Crippen LogP contribution in [0.15, 0.2) is 108 Å². The zero-order valence-corrected chi connectivity index (χ0v) is 46.0. The van der Waals surface area contributed by atoms with Gasteiger partial charge in [0.25, 0.3) is 0 Å². The molecule has 0 amide bonds. The van der Waals surface area contributed by atoms with Gasteiger partial charge in [-0.15, -0.1) is 0 Å². The fourth-order valence-electron chi connectivity index (χ4n) is 9.77. The maximum absolute atomic E-state index is 7.77. The predicted molar refractivity (Wildman–Crippen MR) is 295 cm³/mol. The second-order valence-electron chi connectivity index (χ2n) is 23.7. The lowest BCUT2D eigenvalue weighted by Crippen LogP contribution is -2.23. The van der Waals surface area contributed by atoms with Crippen molar-refractivity contribution < 1.29 is 18.7 Å². The van der Waals surface area contributed by atoms with Gasteiger partial charge >= 0.3 is 0 Å². The van der Waals surface area contributed by atoms with Crippen LogP contribution in [0.3, 0.4) is 0 Å². The third-order valence-electron chi connectivity index (χ3n) is 13.5. The van der Waals surface area contributed by atoms with E-state index in [0.29, 0.717) is 39.1 Å². The molecule has 0 radical (unpaired) electrons. The average molecular weight is 947 g/mol. The molecule has 5 aromatic carbocycles. The third-order valence-corrected chi connectivity index (χ3v) is 15.4. The van der Waals surface area contributed by atoms with Crippen LogP contribution in [0.4, 0.5) is 0 Å². The number of aryl methyl sites for hydroxylation is 1. The Morgan fingerprint density at radius 3 is 1.45 bits per heavy atom. The van der Waals surface area contributed by atoms with Gasteiger partial charge in [0.05, 0.1) is 25.6 Å². The molecule has 0 saturated heterocycles. The minimum atomic E-state index is -1.23. The summed E-state index contributed by atoms with van der Waals surface area (Å²) in [6.45, 7) is 36.9. The van der Waals surface area contributed by atoms with Crippen molar-refractivity contribution in [3.8, 4) is 17.2 Å². The van der Waals surface area contributed by atoms with E-state index in [2.05, 4.69) is 201 Å². The molecule has 8 bridgehead atoms. The fourth-order valence-corrected chi connectivity index (χ4v) is 11.6. The summed E-state index contributed by atoms with van der Waals surface area (Å²) in [4.78, 5) is 0. The summed E-state index contributed by atoms with van der Waals surface area (Å²) in [5, 5.41) is 2.37. The molecular weight excluding hydrogens is 864 g/mol. The van der Waals surface area contributed by atoms with Crippen LogP contribution in [0.25, 0.3) is 5.57 Å². The Bertz CT molecular complexity index is 2600. The van der Waals surface area contributed by atoms with Crippen molar-refractivity contribution in [3.63, 3.8) is 0 Å². The largest absolute Gasteiger partial charge is 0.498 e. The maximum Gasteiger partial charge on any atom is 0.150 e. The second kappa shape index (κ2) is 21.3. The quantitative estimate of drug-likeness (QED) is 0.110. The first-order valence-electron chi connectivity index (χ1n) is 26.0. The van der Waals surface area contributed by atoms with Crippen LogP contribution in [0, 0.1) is 5.41 Å². The van der Waals surface area contributed by atoms with E-state index in [9.17, 15) is 0 Å². The smallest absolute Gasteiger partial charge is 0.150 e. The highest BCUT2D eigenvalue weighted by atomic mass is 31.1. The lowest BCUT2D eigenvalue weighted by Gasteiger charge is -2.36. The number of allylic oxidation sites excluding steroid dienone is 4. The van der Waals surface area contributed by atoms with Crippen molar-refractivity contribution in [2.75, 3.05) is 19.8 Å². The van der Waals surface area contributed by atoms with Crippen molar-refractivity contribution in [1.29, 1.82) is 0 Å². The molecule has 368 valence electrons. The molecule has 0 fully saturated rings. The van der Waals surface area contributed by atoms with Crippen LogP contribution < -0.4 is 24.6 Å². The van der Waals surface area contributed by atoms with Gasteiger partial charge in [-0.2, -0.15) is 0 Å². The van der Waals surface area contributed by atoms with Gasteiger partial charge in [0, 0.05) is 41.9 Å². The molecule has 3 aliphatic carbocycles. The summed E-state index contributed by atoms with van der Waals surface area (Å²) < 4.78 is 29.3. The van der Waals surface area contributed by atoms with E-state index < -0.39 is 8.15 Å². The molecule has 0 spiro atoms. The highest BCUT2D eigenvalue weighted by Gasteiger charge is 2.36. The Balaban J connectivity index is 1.69. The van der Waals surface area contributed by atoms with Gasteiger partial charge in [-0.3, -0.25) is 0 Å². The second-order valence-corrected chi connectivity index (χ2v) is 25.5. The first-order valence-corrected chi connectivity index (χ1v) is 27.3. The molecular formula is C64H83O4P. The molecule has 0 atom stereocenters. The lowest BCUT2D eigenvalue weighted by atomic mass is 9.70. The molecule has 0 heterocycles. The number of ether oxygens (including phenoxy) is 3. The molecule has 3 aliphatic rings. The van der Waals surface area contributed by atoms with Crippen molar-refractivity contribution in [3.05, 3.63) is 164 Å². The monoisotopic (exact) mass is 947 g/mol. The van der Waals surface area contributed by atoms with Crippen molar-refractivity contribution in [2.45, 2.75) is 171 Å². The van der Waals surface area contributed by atoms with E-state index in [-0.39, 0.29) is 21.7 Å². The van der Waals surface area contributed by atoms with Crippen molar-refractivity contribution >= 4 is 24.3 Å². The zero-order valence-electron chi connectivity index (χ0n) is 45.1. The van der Waals surface area contributed by atoms with Gasteiger partial charge in [0.2, 0.25) is 0 Å². The Labute approximate surface area is 419 Å². The molecule has 5 aromatic rings. The Morgan fingerprint density at radius 1 is 0.464 bits per heavy atom. The fraction of sp³-hybridized carbons (Fsp3) is 0.469. The van der Waals surface area contributed by atoms with E-state index in [4.69, 9.17) is 18.7 Å². The van der Waals surface area contributed by atoms with E-state index in [0.717, 1.165) is 55.1 Å². The van der Waals surface area contributed by atoms with Crippen LogP contribution in [0.5, 0.6) is 17.2 Å². The molecule has 8 rings (SSSR count). The van der Waals surface area contributed by atoms with Gasteiger partial charge in [-0.25, -0.2) is 0 Å².